The summed E-state index contributed by atoms with van der Waals surface area (Å²) in [4.78, 5) is 38.2. The van der Waals surface area contributed by atoms with Gasteiger partial charge in [0.1, 0.15) is 13.2 Å². The maximum atomic E-state index is 12.9. The monoisotopic (exact) mass is 985 g/mol. The molecule has 0 aliphatic carbocycles. The number of ether oxygens (including phenoxy) is 3. The Morgan fingerprint density at radius 3 is 0.829 bits per heavy atom. The van der Waals surface area contributed by atoms with E-state index in [1.165, 1.54) is 231 Å². The lowest BCUT2D eigenvalue weighted by atomic mass is 10.0. The number of allylic oxidation sites excluding steroid dienone is 4. The summed E-state index contributed by atoms with van der Waals surface area (Å²) in [6.45, 7) is 6.65. The highest BCUT2D eigenvalue weighted by Gasteiger charge is 2.19. The Kier molecular flexibility index (Phi) is 57.7. The lowest BCUT2D eigenvalue weighted by Crippen LogP contribution is -2.30. The van der Waals surface area contributed by atoms with Gasteiger partial charge in [0, 0.05) is 19.3 Å². The molecule has 0 spiro atoms. The van der Waals surface area contributed by atoms with E-state index in [9.17, 15) is 14.4 Å². The summed E-state index contributed by atoms with van der Waals surface area (Å²) in [7, 11) is 0. The Hall–Kier alpha value is -2.11. The minimum absolute atomic E-state index is 0.0698. The first-order chi connectivity index (χ1) is 34.5. The fourth-order valence-corrected chi connectivity index (χ4v) is 9.46. The summed E-state index contributed by atoms with van der Waals surface area (Å²) in [5.41, 5.74) is 0. The lowest BCUT2D eigenvalue weighted by molar-refractivity contribution is -0.167. The summed E-state index contributed by atoms with van der Waals surface area (Å²) >= 11 is 0. The van der Waals surface area contributed by atoms with Crippen LogP contribution in [0.5, 0.6) is 0 Å². The molecule has 0 aromatic carbocycles. The fourth-order valence-electron chi connectivity index (χ4n) is 9.46. The average Bonchev–Trinajstić information content (AvgIpc) is 3.36. The molecule has 6 heteroatoms. The molecule has 412 valence electrons. The van der Waals surface area contributed by atoms with Crippen molar-refractivity contribution in [3.05, 3.63) is 24.3 Å². The van der Waals surface area contributed by atoms with E-state index in [4.69, 9.17) is 14.2 Å². The highest BCUT2D eigenvalue weighted by Crippen LogP contribution is 2.18. The van der Waals surface area contributed by atoms with Crippen molar-refractivity contribution >= 4 is 17.9 Å². The maximum Gasteiger partial charge on any atom is 0.306 e. The van der Waals surface area contributed by atoms with Crippen LogP contribution in [0.3, 0.4) is 0 Å². The zero-order valence-corrected chi connectivity index (χ0v) is 47.3. The summed E-state index contributed by atoms with van der Waals surface area (Å²) in [6.07, 6.45) is 70.4. The molecular weight excluding hydrogens is 865 g/mol. The van der Waals surface area contributed by atoms with Crippen LogP contribution in [-0.4, -0.2) is 37.2 Å². The van der Waals surface area contributed by atoms with Gasteiger partial charge in [-0.05, 0) is 44.9 Å². The van der Waals surface area contributed by atoms with E-state index in [0.29, 0.717) is 19.3 Å². The molecule has 0 aliphatic rings. The van der Waals surface area contributed by atoms with Gasteiger partial charge >= 0.3 is 17.9 Å². The minimum Gasteiger partial charge on any atom is -0.462 e. The zero-order valence-electron chi connectivity index (χ0n) is 47.3. The Balaban J connectivity index is 4.25. The van der Waals surface area contributed by atoms with E-state index >= 15 is 0 Å². The number of carbonyl (C=O) groups excluding carboxylic acids is 3. The van der Waals surface area contributed by atoms with Gasteiger partial charge in [-0.3, -0.25) is 14.4 Å². The second kappa shape index (κ2) is 59.5. The van der Waals surface area contributed by atoms with Crippen molar-refractivity contribution < 1.29 is 28.6 Å². The predicted octanol–water partition coefficient (Wildman–Crippen LogP) is 21.1. The molecule has 6 nitrogen and oxygen atoms in total. The first-order valence-corrected chi connectivity index (χ1v) is 31.3. The fraction of sp³-hybridized carbons (Fsp3) is 0.891. The van der Waals surface area contributed by atoms with Gasteiger partial charge in [0.2, 0.25) is 0 Å². The van der Waals surface area contributed by atoms with Gasteiger partial charge in [-0.25, -0.2) is 0 Å². The first-order valence-electron chi connectivity index (χ1n) is 31.3. The topological polar surface area (TPSA) is 78.9 Å². The van der Waals surface area contributed by atoms with E-state index in [1.807, 2.05) is 0 Å². The normalized spacial score (nSPS) is 12.1. The summed E-state index contributed by atoms with van der Waals surface area (Å²) < 4.78 is 16.9. The van der Waals surface area contributed by atoms with Crippen molar-refractivity contribution in [2.75, 3.05) is 13.2 Å². The van der Waals surface area contributed by atoms with Gasteiger partial charge in [-0.1, -0.05) is 308 Å². The smallest absolute Gasteiger partial charge is 0.306 e. The Labute approximate surface area is 436 Å². The SMILES string of the molecule is CCCC/C=C\C/C=C\CCCCCCCC(=O)OCC(COC(=O)CCCCCCCCCCCCCCCCCCCCCCCCC)OC(=O)CCCCCCCCCCCCCCCCC. The van der Waals surface area contributed by atoms with Crippen molar-refractivity contribution in [2.24, 2.45) is 0 Å². The van der Waals surface area contributed by atoms with Gasteiger partial charge < -0.3 is 14.2 Å². The van der Waals surface area contributed by atoms with Crippen molar-refractivity contribution in [1.82, 2.24) is 0 Å². The average molecular weight is 986 g/mol. The van der Waals surface area contributed by atoms with E-state index in [-0.39, 0.29) is 31.1 Å². The van der Waals surface area contributed by atoms with Gasteiger partial charge in [0.15, 0.2) is 6.10 Å². The molecule has 0 heterocycles. The Morgan fingerprint density at radius 2 is 0.529 bits per heavy atom. The predicted molar refractivity (Wildman–Crippen MR) is 303 cm³/mol. The lowest BCUT2D eigenvalue weighted by Gasteiger charge is -2.18. The molecule has 0 saturated heterocycles. The second-order valence-corrected chi connectivity index (χ2v) is 21.3. The van der Waals surface area contributed by atoms with Crippen LogP contribution < -0.4 is 0 Å². The number of unbranched alkanes of at least 4 members (excludes halogenated alkanes) is 43. The third-order valence-electron chi connectivity index (χ3n) is 14.2. The number of hydrogen-bond acceptors (Lipinski definition) is 6. The zero-order chi connectivity index (χ0) is 50.7. The van der Waals surface area contributed by atoms with Crippen LogP contribution in [0.1, 0.15) is 348 Å². The van der Waals surface area contributed by atoms with Gasteiger partial charge in [-0.15, -0.1) is 0 Å². The molecule has 0 N–H and O–H groups in total. The van der Waals surface area contributed by atoms with Gasteiger partial charge in [-0.2, -0.15) is 0 Å². The highest BCUT2D eigenvalue weighted by atomic mass is 16.6. The van der Waals surface area contributed by atoms with Crippen molar-refractivity contribution in [3.63, 3.8) is 0 Å². The molecule has 0 rings (SSSR count). The second-order valence-electron chi connectivity index (χ2n) is 21.3. The maximum absolute atomic E-state index is 12.9. The minimum atomic E-state index is -0.772. The van der Waals surface area contributed by atoms with Crippen LogP contribution in [0.4, 0.5) is 0 Å². The molecule has 1 atom stereocenters. The third kappa shape index (κ3) is 56.8. The third-order valence-corrected chi connectivity index (χ3v) is 14.2. The molecule has 0 saturated carbocycles. The molecular formula is C64H120O6. The molecule has 0 fully saturated rings. The van der Waals surface area contributed by atoms with E-state index in [2.05, 4.69) is 45.1 Å². The quantitative estimate of drug-likeness (QED) is 0.0261. The van der Waals surface area contributed by atoms with Crippen molar-refractivity contribution in [2.45, 2.75) is 354 Å². The standard InChI is InChI=1S/C64H120O6/c1-4-7-10-13-16-19-22-25-28-29-30-31-32-33-34-35-37-39-42-45-48-51-54-57-63(66)69-60-61(59-68-62(65)56-53-50-47-44-41-38-27-24-21-18-15-12-9-6-3)70-64(67)58-55-52-49-46-43-40-36-26-23-20-17-14-11-8-5-2/h15,18,24,27,61H,4-14,16-17,19-23,25-26,28-60H2,1-3H3/b18-15-,27-24-. The van der Waals surface area contributed by atoms with Crippen molar-refractivity contribution in [3.8, 4) is 0 Å². The van der Waals surface area contributed by atoms with E-state index < -0.39 is 6.10 Å². The molecule has 0 aromatic heterocycles. The number of carbonyl (C=O) groups is 3. The van der Waals surface area contributed by atoms with Crippen LogP contribution in [0.2, 0.25) is 0 Å². The number of hydrogen-bond donors (Lipinski definition) is 0. The van der Waals surface area contributed by atoms with Crippen LogP contribution in [-0.2, 0) is 28.6 Å². The Morgan fingerprint density at radius 1 is 0.286 bits per heavy atom. The van der Waals surface area contributed by atoms with E-state index in [1.54, 1.807) is 0 Å². The van der Waals surface area contributed by atoms with Gasteiger partial charge in [0.25, 0.3) is 0 Å². The molecule has 0 aliphatic heterocycles. The molecule has 0 amide bonds. The summed E-state index contributed by atoms with van der Waals surface area (Å²) in [6, 6.07) is 0. The van der Waals surface area contributed by atoms with Crippen LogP contribution >= 0.6 is 0 Å². The molecule has 0 bridgehead atoms. The van der Waals surface area contributed by atoms with E-state index in [0.717, 1.165) is 77.0 Å². The molecule has 0 radical (unpaired) electrons. The highest BCUT2D eigenvalue weighted by molar-refractivity contribution is 5.71. The largest absolute Gasteiger partial charge is 0.462 e. The summed E-state index contributed by atoms with van der Waals surface area (Å²) in [5, 5.41) is 0. The summed E-state index contributed by atoms with van der Waals surface area (Å²) in [5.74, 6) is -0.859. The number of esters is 3. The molecule has 70 heavy (non-hydrogen) atoms. The van der Waals surface area contributed by atoms with Crippen molar-refractivity contribution in [1.29, 1.82) is 0 Å². The van der Waals surface area contributed by atoms with Crippen LogP contribution in [0.15, 0.2) is 24.3 Å². The first kappa shape index (κ1) is 67.9. The molecule has 1 unspecified atom stereocenters. The number of rotatable bonds is 58. The van der Waals surface area contributed by atoms with Gasteiger partial charge in [0.05, 0.1) is 0 Å². The van der Waals surface area contributed by atoms with Crippen LogP contribution in [0, 0.1) is 0 Å². The Bertz CT molecular complexity index is 1130. The molecule has 0 aromatic rings. The van der Waals surface area contributed by atoms with Crippen LogP contribution in [0.25, 0.3) is 0 Å².